The van der Waals surface area contributed by atoms with E-state index in [4.69, 9.17) is 14.0 Å². The van der Waals surface area contributed by atoms with Gasteiger partial charge < -0.3 is 18.7 Å². The van der Waals surface area contributed by atoms with Crippen LogP contribution in [0.4, 0.5) is 13.2 Å². The molecular weight excluding hydrogens is 393 g/mol. The molecule has 0 aliphatic heterocycles. The van der Waals surface area contributed by atoms with Crippen LogP contribution in [-0.4, -0.2) is 29.6 Å². The molecular formula is C19H15F3N2O5. The van der Waals surface area contributed by atoms with Crippen molar-refractivity contribution in [1.29, 1.82) is 0 Å². The van der Waals surface area contributed by atoms with Crippen LogP contribution in [-0.2, 0) is 11.3 Å². The van der Waals surface area contributed by atoms with Gasteiger partial charge in [0.1, 0.15) is 11.5 Å². The molecule has 0 aliphatic carbocycles. The number of ether oxygens (including phenoxy) is 3. The Morgan fingerprint density at radius 1 is 1.10 bits per heavy atom. The topological polar surface area (TPSA) is 83.7 Å². The summed E-state index contributed by atoms with van der Waals surface area (Å²) in [6.07, 6.45) is -4.77. The molecule has 3 aromatic rings. The molecule has 3 rings (SSSR count). The second-order valence-corrected chi connectivity index (χ2v) is 5.84. The summed E-state index contributed by atoms with van der Waals surface area (Å²) in [5.74, 6) is -0.148. The number of methoxy groups -OCH3 is 1. The smallest absolute Gasteiger partial charge is 0.497 e. The highest BCUT2D eigenvalue weighted by atomic mass is 19.4. The Balaban J connectivity index is 1.62. The Labute approximate surface area is 163 Å². The van der Waals surface area contributed by atoms with Gasteiger partial charge in [0.15, 0.2) is 6.61 Å². The molecule has 0 saturated carbocycles. The first-order chi connectivity index (χ1) is 13.7. The molecule has 0 saturated heterocycles. The summed E-state index contributed by atoms with van der Waals surface area (Å²) in [5, 5.41) is 3.72. The summed E-state index contributed by atoms with van der Waals surface area (Å²) in [4.78, 5) is 16.3. The highest BCUT2D eigenvalue weighted by Gasteiger charge is 2.31. The Bertz CT molecular complexity index is 1000. The number of aromatic nitrogens is 2. The first-order valence-electron chi connectivity index (χ1n) is 8.25. The van der Waals surface area contributed by atoms with Crippen molar-refractivity contribution in [2.75, 3.05) is 7.11 Å². The van der Waals surface area contributed by atoms with E-state index < -0.39 is 12.3 Å². The Morgan fingerprint density at radius 3 is 2.41 bits per heavy atom. The van der Waals surface area contributed by atoms with Crippen LogP contribution in [0.2, 0.25) is 0 Å². The maximum absolute atomic E-state index is 12.2. The van der Waals surface area contributed by atoms with Gasteiger partial charge in [-0.2, -0.15) is 4.98 Å². The zero-order chi connectivity index (χ0) is 21.0. The van der Waals surface area contributed by atoms with Crippen molar-refractivity contribution in [2.24, 2.45) is 0 Å². The van der Waals surface area contributed by atoms with Gasteiger partial charge in [0.25, 0.3) is 5.89 Å². The van der Waals surface area contributed by atoms with Gasteiger partial charge in [-0.05, 0) is 55.0 Å². The van der Waals surface area contributed by atoms with Crippen molar-refractivity contribution in [3.8, 4) is 22.9 Å². The fraction of sp³-hybridized carbons (Fsp3) is 0.211. The SMILES string of the molecule is COc1ccc(C(=O)OCc2nc(-c3ccc(OC(F)(F)F)cc3)no2)c(C)c1. The van der Waals surface area contributed by atoms with Crippen molar-refractivity contribution < 1.29 is 36.7 Å². The summed E-state index contributed by atoms with van der Waals surface area (Å²) in [6.45, 7) is 1.49. The molecule has 152 valence electrons. The molecule has 0 bridgehead atoms. The van der Waals surface area contributed by atoms with Gasteiger partial charge in [0.05, 0.1) is 12.7 Å². The molecule has 1 heterocycles. The predicted molar refractivity (Wildman–Crippen MR) is 93.3 cm³/mol. The lowest BCUT2D eigenvalue weighted by molar-refractivity contribution is -0.274. The number of alkyl halides is 3. The molecule has 0 atom stereocenters. The highest BCUT2D eigenvalue weighted by molar-refractivity contribution is 5.91. The average Bonchev–Trinajstić information content (AvgIpc) is 3.14. The number of rotatable bonds is 6. The van der Waals surface area contributed by atoms with E-state index in [0.29, 0.717) is 22.4 Å². The Kier molecular flexibility index (Phi) is 5.71. The van der Waals surface area contributed by atoms with Crippen LogP contribution >= 0.6 is 0 Å². The molecule has 0 fully saturated rings. The molecule has 10 heteroatoms. The summed E-state index contributed by atoms with van der Waals surface area (Å²) in [5.41, 5.74) is 1.46. The van der Waals surface area contributed by atoms with E-state index >= 15 is 0 Å². The molecule has 1 aromatic heterocycles. The number of carbonyl (C=O) groups excluding carboxylic acids is 1. The number of esters is 1. The normalized spacial score (nSPS) is 11.2. The number of aryl methyl sites for hydroxylation is 1. The quantitative estimate of drug-likeness (QED) is 0.562. The number of hydrogen-bond donors (Lipinski definition) is 0. The van der Waals surface area contributed by atoms with Crippen LogP contribution in [0.25, 0.3) is 11.4 Å². The minimum Gasteiger partial charge on any atom is -0.497 e. The molecule has 0 aliphatic rings. The van der Waals surface area contributed by atoms with Gasteiger partial charge in [-0.15, -0.1) is 13.2 Å². The summed E-state index contributed by atoms with van der Waals surface area (Å²) >= 11 is 0. The van der Waals surface area contributed by atoms with Gasteiger partial charge >= 0.3 is 12.3 Å². The van der Waals surface area contributed by atoms with Crippen molar-refractivity contribution in [2.45, 2.75) is 19.9 Å². The van der Waals surface area contributed by atoms with Crippen LogP contribution in [0.1, 0.15) is 21.8 Å². The first kappa shape index (κ1) is 20.2. The Morgan fingerprint density at radius 2 is 1.79 bits per heavy atom. The van der Waals surface area contributed by atoms with E-state index in [1.54, 1.807) is 25.1 Å². The Hall–Kier alpha value is -3.56. The van der Waals surface area contributed by atoms with Crippen molar-refractivity contribution in [3.63, 3.8) is 0 Å². The van der Waals surface area contributed by atoms with E-state index in [9.17, 15) is 18.0 Å². The van der Waals surface area contributed by atoms with Crippen molar-refractivity contribution >= 4 is 5.97 Å². The minimum absolute atomic E-state index is 0.0372. The zero-order valence-electron chi connectivity index (χ0n) is 15.3. The maximum Gasteiger partial charge on any atom is 0.573 e. The second-order valence-electron chi connectivity index (χ2n) is 5.84. The van der Waals surface area contributed by atoms with Crippen LogP contribution in [0.15, 0.2) is 47.0 Å². The van der Waals surface area contributed by atoms with Gasteiger partial charge in [-0.1, -0.05) is 5.16 Å². The fourth-order valence-corrected chi connectivity index (χ4v) is 2.43. The van der Waals surface area contributed by atoms with Crippen molar-refractivity contribution in [1.82, 2.24) is 10.1 Å². The molecule has 0 unspecified atom stereocenters. The molecule has 0 radical (unpaired) electrons. The number of benzene rings is 2. The molecule has 0 spiro atoms. The fourth-order valence-electron chi connectivity index (χ4n) is 2.43. The predicted octanol–water partition coefficient (Wildman–Crippen LogP) is 4.31. The number of nitrogens with zero attached hydrogens (tertiary/aromatic N) is 2. The van der Waals surface area contributed by atoms with E-state index in [2.05, 4.69) is 14.9 Å². The van der Waals surface area contributed by atoms with Crippen LogP contribution < -0.4 is 9.47 Å². The van der Waals surface area contributed by atoms with Crippen LogP contribution in [0.3, 0.4) is 0 Å². The third kappa shape index (κ3) is 5.24. The lowest BCUT2D eigenvalue weighted by Gasteiger charge is -2.08. The van der Waals surface area contributed by atoms with Crippen LogP contribution in [0.5, 0.6) is 11.5 Å². The molecule has 0 N–H and O–H groups in total. The molecule has 29 heavy (non-hydrogen) atoms. The standard InChI is InChI=1S/C19H15F3N2O5/c1-11-9-14(26-2)7-8-15(11)18(25)27-10-16-23-17(24-29-16)12-3-5-13(6-4-12)28-19(20,21)22/h3-9H,10H2,1-2H3. The lowest BCUT2D eigenvalue weighted by atomic mass is 10.1. The van der Waals surface area contributed by atoms with Crippen molar-refractivity contribution in [3.05, 3.63) is 59.5 Å². The average molecular weight is 408 g/mol. The highest BCUT2D eigenvalue weighted by Crippen LogP contribution is 2.25. The van der Waals surface area contributed by atoms with E-state index in [-0.39, 0.29) is 24.1 Å². The van der Waals surface area contributed by atoms with E-state index in [1.807, 2.05) is 0 Å². The summed E-state index contributed by atoms with van der Waals surface area (Å²) in [6, 6.07) is 9.88. The van der Waals surface area contributed by atoms with Crippen LogP contribution in [0, 0.1) is 6.92 Å². The first-order valence-corrected chi connectivity index (χ1v) is 8.25. The largest absolute Gasteiger partial charge is 0.573 e. The number of halogens is 3. The van der Waals surface area contributed by atoms with E-state index in [0.717, 1.165) is 12.1 Å². The van der Waals surface area contributed by atoms with Gasteiger partial charge in [0.2, 0.25) is 5.82 Å². The van der Waals surface area contributed by atoms with Gasteiger partial charge in [-0.3, -0.25) is 0 Å². The molecule has 7 nitrogen and oxygen atoms in total. The third-order valence-corrected chi connectivity index (χ3v) is 3.79. The summed E-state index contributed by atoms with van der Waals surface area (Å²) in [7, 11) is 1.52. The minimum atomic E-state index is -4.77. The molecule has 2 aromatic carbocycles. The zero-order valence-corrected chi connectivity index (χ0v) is 15.3. The monoisotopic (exact) mass is 408 g/mol. The van der Waals surface area contributed by atoms with E-state index in [1.165, 1.54) is 19.2 Å². The number of carbonyl (C=O) groups is 1. The third-order valence-electron chi connectivity index (χ3n) is 3.79. The lowest BCUT2D eigenvalue weighted by Crippen LogP contribution is -2.16. The van der Waals surface area contributed by atoms with Gasteiger partial charge in [-0.25, -0.2) is 4.79 Å². The number of hydrogen-bond acceptors (Lipinski definition) is 7. The summed E-state index contributed by atoms with van der Waals surface area (Å²) < 4.78 is 55.7. The maximum atomic E-state index is 12.2. The molecule has 0 amide bonds. The second kappa shape index (κ2) is 8.21. The van der Waals surface area contributed by atoms with Gasteiger partial charge in [0, 0.05) is 5.56 Å².